The number of anilines is 2. The van der Waals surface area contributed by atoms with Crippen LogP contribution >= 0.6 is 0 Å². The molecule has 2 aromatic carbocycles. The van der Waals surface area contributed by atoms with Crippen LogP contribution in [-0.2, 0) is 0 Å². The number of hydrogen-bond donors (Lipinski definition) is 2. The highest BCUT2D eigenvalue weighted by molar-refractivity contribution is 5.90. The van der Waals surface area contributed by atoms with E-state index < -0.39 is 0 Å². The minimum absolute atomic E-state index is 0.191. The van der Waals surface area contributed by atoms with Gasteiger partial charge in [0.05, 0.1) is 6.61 Å². The maximum absolute atomic E-state index is 12.1. The molecule has 0 spiro atoms. The van der Waals surface area contributed by atoms with Crippen molar-refractivity contribution in [2.24, 2.45) is 0 Å². The van der Waals surface area contributed by atoms with Gasteiger partial charge in [0.1, 0.15) is 5.75 Å². The third-order valence-electron chi connectivity index (χ3n) is 4.21. The molecule has 2 N–H and O–H groups in total. The van der Waals surface area contributed by atoms with E-state index in [9.17, 15) is 4.79 Å². The first kappa shape index (κ1) is 19.6. The molecule has 0 radical (unpaired) electrons. The quantitative estimate of drug-likeness (QED) is 0.654. The molecule has 140 valence electrons. The van der Waals surface area contributed by atoms with Crippen molar-refractivity contribution in [3.63, 3.8) is 0 Å². The van der Waals surface area contributed by atoms with E-state index in [1.807, 2.05) is 49.4 Å². The summed E-state index contributed by atoms with van der Waals surface area (Å²) in [4.78, 5) is 14.3. The van der Waals surface area contributed by atoms with Crippen molar-refractivity contribution >= 4 is 17.4 Å². The number of nitrogens with one attached hydrogen (secondary N) is 2. The molecular formula is C21H29N3O2. The molecule has 0 aliphatic carbocycles. The Hall–Kier alpha value is -2.69. The van der Waals surface area contributed by atoms with Crippen LogP contribution < -0.4 is 20.3 Å². The lowest BCUT2D eigenvalue weighted by molar-refractivity contribution is 0.250. The van der Waals surface area contributed by atoms with E-state index in [0.29, 0.717) is 13.2 Å². The highest BCUT2D eigenvalue weighted by Gasteiger charge is 2.07. The number of amides is 2. The van der Waals surface area contributed by atoms with Crippen LogP contribution in [0.2, 0.25) is 0 Å². The van der Waals surface area contributed by atoms with Gasteiger partial charge in [0.2, 0.25) is 0 Å². The molecule has 0 fully saturated rings. The van der Waals surface area contributed by atoms with Gasteiger partial charge in [0.25, 0.3) is 0 Å². The standard InChI is InChI=1S/C21H29N3O2/c1-4-24(5-2)18-12-13-20(17(3)16-18)23-21(25)22-14-9-15-26-19-10-7-6-8-11-19/h6-8,10-13,16H,4-5,9,14-15H2,1-3H3,(H2,22,23,25). The number of carbonyl (C=O) groups excluding carboxylic acids is 1. The van der Waals surface area contributed by atoms with Gasteiger partial charge in [-0.2, -0.15) is 0 Å². The molecule has 0 aliphatic heterocycles. The second-order valence-electron chi connectivity index (χ2n) is 6.07. The van der Waals surface area contributed by atoms with E-state index in [2.05, 4.69) is 35.4 Å². The van der Waals surface area contributed by atoms with Gasteiger partial charge in [-0.15, -0.1) is 0 Å². The predicted octanol–water partition coefficient (Wildman–Crippen LogP) is 4.43. The van der Waals surface area contributed by atoms with Gasteiger partial charge in [-0.25, -0.2) is 4.79 Å². The summed E-state index contributed by atoms with van der Waals surface area (Å²) in [7, 11) is 0. The monoisotopic (exact) mass is 355 g/mol. The molecule has 0 saturated carbocycles. The first-order valence-electron chi connectivity index (χ1n) is 9.22. The molecule has 0 saturated heterocycles. The summed E-state index contributed by atoms with van der Waals surface area (Å²) in [6, 6.07) is 15.6. The summed E-state index contributed by atoms with van der Waals surface area (Å²) < 4.78 is 5.61. The Morgan fingerprint density at radius 1 is 1.08 bits per heavy atom. The van der Waals surface area contributed by atoms with Crippen molar-refractivity contribution in [3.05, 3.63) is 54.1 Å². The number of aryl methyl sites for hydroxylation is 1. The lowest BCUT2D eigenvalue weighted by Crippen LogP contribution is -2.30. The normalized spacial score (nSPS) is 10.3. The molecule has 0 aromatic heterocycles. The molecule has 26 heavy (non-hydrogen) atoms. The zero-order valence-electron chi connectivity index (χ0n) is 15.9. The zero-order valence-corrected chi connectivity index (χ0v) is 15.9. The molecular weight excluding hydrogens is 326 g/mol. The predicted molar refractivity (Wildman–Crippen MR) is 108 cm³/mol. The molecule has 2 amide bonds. The van der Waals surface area contributed by atoms with Gasteiger partial charge in [-0.1, -0.05) is 18.2 Å². The molecule has 0 bridgehead atoms. The molecule has 0 unspecified atom stereocenters. The average molecular weight is 355 g/mol. The van der Waals surface area contributed by atoms with Crippen LogP contribution in [0.15, 0.2) is 48.5 Å². The Labute approximate surface area is 156 Å². The van der Waals surface area contributed by atoms with E-state index in [1.54, 1.807) is 0 Å². The number of carbonyl (C=O) groups is 1. The molecule has 5 heteroatoms. The van der Waals surface area contributed by atoms with Crippen LogP contribution in [0.4, 0.5) is 16.2 Å². The Morgan fingerprint density at radius 2 is 1.81 bits per heavy atom. The molecule has 2 aromatic rings. The van der Waals surface area contributed by atoms with Crippen LogP contribution in [0.3, 0.4) is 0 Å². The number of rotatable bonds is 9. The van der Waals surface area contributed by atoms with Crippen LogP contribution in [0.25, 0.3) is 0 Å². The number of benzene rings is 2. The van der Waals surface area contributed by atoms with Gasteiger partial charge in [-0.05, 0) is 63.1 Å². The fraction of sp³-hybridized carbons (Fsp3) is 0.381. The number of hydrogen-bond acceptors (Lipinski definition) is 3. The molecule has 2 rings (SSSR count). The van der Waals surface area contributed by atoms with Gasteiger partial charge >= 0.3 is 6.03 Å². The number of urea groups is 1. The maximum atomic E-state index is 12.1. The van der Waals surface area contributed by atoms with Crippen molar-refractivity contribution in [1.29, 1.82) is 0 Å². The van der Waals surface area contributed by atoms with Crippen LogP contribution in [-0.4, -0.2) is 32.3 Å². The summed E-state index contributed by atoms with van der Waals surface area (Å²) >= 11 is 0. The van der Waals surface area contributed by atoms with Crippen LogP contribution in [0.1, 0.15) is 25.8 Å². The largest absolute Gasteiger partial charge is 0.494 e. The second kappa shape index (κ2) is 10.3. The van der Waals surface area contributed by atoms with Crippen molar-refractivity contribution < 1.29 is 9.53 Å². The van der Waals surface area contributed by atoms with Crippen molar-refractivity contribution in [2.75, 3.05) is 36.5 Å². The molecule has 5 nitrogen and oxygen atoms in total. The second-order valence-corrected chi connectivity index (χ2v) is 6.07. The highest BCUT2D eigenvalue weighted by Crippen LogP contribution is 2.22. The van der Waals surface area contributed by atoms with Crippen molar-refractivity contribution in [3.8, 4) is 5.75 Å². The van der Waals surface area contributed by atoms with E-state index in [-0.39, 0.29) is 6.03 Å². The molecule has 0 heterocycles. The van der Waals surface area contributed by atoms with E-state index in [0.717, 1.165) is 36.5 Å². The zero-order chi connectivity index (χ0) is 18.8. The first-order valence-corrected chi connectivity index (χ1v) is 9.22. The van der Waals surface area contributed by atoms with Gasteiger partial charge in [0, 0.05) is 31.0 Å². The minimum Gasteiger partial charge on any atom is -0.494 e. The number of para-hydroxylation sites is 1. The number of ether oxygens (including phenoxy) is 1. The smallest absolute Gasteiger partial charge is 0.319 e. The summed E-state index contributed by atoms with van der Waals surface area (Å²) in [6.45, 7) is 9.36. The van der Waals surface area contributed by atoms with Crippen LogP contribution in [0.5, 0.6) is 5.75 Å². The van der Waals surface area contributed by atoms with E-state index in [4.69, 9.17) is 4.74 Å². The first-order chi connectivity index (χ1) is 12.6. The van der Waals surface area contributed by atoms with E-state index >= 15 is 0 Å². The topological polar surface area (TPSA) is 53.6 Å². The average Bonchev–Trinajstić information content (AvgIpc) is 2.65. The summed E-state index contributed by atoms with van der Waals surface area (Å²) in [5.41, 5.74) is 3.06. The van der Waals surface area contributed by atoms with E-state index in [1.165, 1.54) is 5.69 Å². The Morgan fingerprint density at radius 3 is 2.46 bits per heavy atom. The van der Waals surface area contributed by atoms with Gasteiger partial charge < -0.3 is 20.3 Å². The maximum Gasteiger partial charge on any atom is 0.319 e. The van der Waals surface area contributed by atoms with Crippen molar-refractivity contribution in [1.82, 2.24) is 5.32 Å². The third-order valence-corrected chi connectivity index (χ3v) is 4.21. The Balaban J connectivity index is 1.73. The third kappa shape index (κ3) is 5.99. The SMILES string of the molecule is CCN(CC)c1ccc(NC(=O)NCCCOc2ccccc2)c(C)c1. The summed E-state index contributed by atoms with van der Waals surface area (Å²) in [6.07, 6.45) is 0.752. The van der Waals surface area contributed by atoms with Gasteiger partial charge in [-0.3, -0.25) is 0 Å². The fourth-order valence-electron chi connectivity index (χ4n) is 2.72. The lowest BCUT2D eigenvalue weighted by atomic mass is 10.1. The lowest BCUT2D eigenvalue weighted by Gasteiger charge is -2.22. The van der Waals surface area contributed by atoms with Crippen molar-refractivity contribution in [2.45, 2.75) is 27.2 Å². The Bertz CT molecular complexity index is 685. The highest BCUT2D eigenvalue weighted by atomic mass is 16.5. The summed E-state index contributed by atoms with van der Waals surface area (Å²) in [5, 5.41) is 5.78. The Kier molecular flexibility index (Phi) is 7.80. The van der Waals surface area contributed by atoms with Gasteiger partial charge in [0.15, 0.2) is 0 Å². The number of nitrogens with zero attached hydrogens (tertiary/aromatic N) is 1. The minimum atomic E-state index is -0.191. The fourth-order valence-corrected chi connectivity index (χ4v) is 2.72. The molecule has 0 aliphatic rings. The summed E-state index contributed by atoms with van der Waals surface area (Å²) in [5.74, 6) is 0.848. The van der Waals surface area contributed by atoms with Crippen LogP contribution in [0, 0.1) is 6.92 Å². The molecule has 0 atom stereocenters.